The van der Waals surface area contributed by atoms with Crippen LogP contribution in [0.5, 0.6) is 0 Å². The predicted octanol–water partition coefficient (Wildman–Crippen LogP) is 23.2. The molecule has 0 saturated heterocycles. The number of aryl methyl sites for hydroxylation is 8. The molecule has 0 saturated carbocycles. The first-order valence-corrected chi connectivity index (χ1v) is 35.8. The minimum Gasteiger partial charge on any atom is -0.251 e. The van der Waals surface area contributed by atoms with E-state index in [1.165, 1.54) is 219 Å². The molecule has 0 amide bonds. The molecular weight excluding hydrogens is 1270 g/mol. The molecule has 82 heavy (non-hydrogen) atoms. The van der Waals surface area contributed by atoms with Gasteiger partial charge < -0.3 is 0 Å². The number of aromatic nitrogens is 6. The molecule has 438 valence electrons. The number of rotatable bonds is 28. The van der Waals surface area contributed by atoms with Gasteiger partial charge in [0.25, 0.3) is 0 Å². The van der Waals surface area contributed by atoms with E-state index in [-0.39, 0.29) is 0 Å². The Balaban J connectivity index is 0.000000199. The van der Waals surface area contributed by atoms with Crippen molar-refractivity contribution in [2.24, 2.45) is 0 Å². The van der Waals surface area contributed by atoms with E-state index in [1.54, 1.807) is 0 Å². The molecule has 0 N–H and O–H groups in total. The average Bonchev–Trinajstić information content (AvgIpc) is 3.58. The highest BCUT2D eigenvalue weighted by Gasteiger charge is 2.17. The number of alkyl halides is 4. The zero-order valence-electron chi connectivity index (χ0n) is 50.9. The maximum atomic E-state index is 5.40. The van der Waals surface area contributed by atoms with Crippen molar-refractivity contribution in [3.05, 3.63) is 140 Å². The van der Waals surface area contributed by atoms with Crippen LogP contribution in [0.2, 0.25) is 0 Å². The molecule has 0 aliphatic heterocycles. The number of fused-ring (bicyclic) bond motifs is 9. The van der Waals surface area contributed by atoms with Gasteiger partial charge in [-0.1, -0.05) is 231 Å². The Morgan fingerprint density at radius 3 is 0.854 bits per heavy atom. The highest BCUT2D eigenvalue weighted by atomic mass is 79.9. The summed E-state index contributed by atoms with van der Waals surface area (Å²) in [6.07, 6.45) is 30.9. The van der Waals surface area contributed by atoms with Gasteiger partial charge in [0.05, 0.1) is 44.5 Å². The van der Waals surface area contributed by atoms with Crippen LogP contribution in [-0.4, -0.2) is 29.9 Å². The summed E-state index contributed by atoms with van der Waals surface area (Å²) < 4.78 is 0. The Labute approximate surface area is 526 Å². The maximum Gasteiger partial charge on any atom is 0.0971 e. The number of benzene rings is 3. The van der Waals surface area contributed by atoms with E-state index in [0.717, 1.165) is 89.8 Å². The Hall–Kier alpha value is -3.96. The number of unbranched alkanes of at least 4 members (excludes halogenated alkanes) is 16. The van der Waals surface area contributed by atoms with Crippen LogP contribution < -0.4 is 0 Å². The van der Waals surface area contributed by atoms with Crippen molar-refractivity contribution in [1.29, 1.82) is 0 Å². The number of hydrogen-bond acceptors (Lipinski definition) is 6. The lowest BCUT2D eigenvalue weighted by molar-refractivity contribution is 0.625. The predicted molar refractivity (Wildman–Crippen MR) is 370 cm³/mol. The Bertz CT molecular complexity index is 3270. The van der Waals surface area contributed by atoms with Gasteiger partial charge in [-0.05, 0) is 149 Å². The molecule has 0 bridgehead atoms. The maximum absolute atomic E-state index is 5.40. The average molecular weight is 1360 g/mol. The lowest BCUT2D eigenvalue weighted by Crippen LogP contribution is -2.02. The third-order valence-electron chi connectivity index (χ3n) is 16.2. The smallest absolute Gasteiger partial charge is 0.0971 e. The van der Waals surface area contributed by atoms with Crippen LogP contribution in [0.4, 0.5) is 0 Å². The van der Waals surface area contributed by atoms with E-state index >= 15 is 0 Å². The number of nitrogens with zero attached hydrogens (tertiary/aromatic N) is 6. The van der Waals surface area contributed by atoms with Gasteiger partial charge in [-0.3, -0.25) is 19.9 Å². The second-order valence-electron chi connectivity index (χ2n) is 23.0. The molecule has 0 atom stereocenters. The van der Waals surface area contributed by atoms with Crippen LogP contribution >= 0.6 is 63.7 Å². The monoisotopic (exact) mass is 1360 g/mol. The molecule has 3 aromatic carbocycles. The highest BCUT2D eigenvalue weighted by molar-refractivity contribution is 9.09. The third-order valence-corrected chi connectivity index (χ3v) is 18.6. The van der Waals surface area contributed by atoms with Gasteiger partial charge in [-0.25, -0.2) is 9.97 Å². The minimum absolute atomic E-state index is 0.739. The highest BCUT2D eigenvalue weighted by Crippen LogP contribution is 2.34. The fraction of sp³-hybridized carbons (Fsp3) is 0.500. The van der Waals surface area contributed by atoms with Gasteiger partial charge >= 0.3 is 0 Å². The standard InChI is InChI=1S/C40H64N2.C16H12Br4N2.C16H16N2/c1-5-9-13-17-21-25-33-31-35(27-23-19-15-11-7-3)41-39-37(33)29-30-38-34(26-22-18-14-10-6-2)32-36(42-40(38)39)28-24-20-16-12-8-4;17-5-9-3-11(7-19)21-15-13(9)1-2-14-10(6-18)4-12(8-20)22-16(14)15;1-9-7-11(3)17-15-13(9)5-6-14-10(2)8-12(4)18-16(14)15/h29-32H,5-28H2,1-4H3;1-4H,5-8H2;5-8H,1-4H3. The summed E-state index contributed by atoms with van der Waals surface area (Å²) in [4.78, 5) is 29.8. The molecule has 6 aromatic heterocycles. The van der Waals surface area contributed by atoms with Crippen molar-refractivity contribution in [1.82, 2.24) is 29.9 Å². The molecule has 0 radical (unpaired) electrons. The lowest BCUT2D eigenvalue weighted by Gasteiger charge is -2.15. The zero-order chi connectivity index (χ0) is 58.4. The Kier molecular flexibility index (Phi) is 27.4. The van der Waals surface area contributed by atoms with Crippen LogP contribution in [0.15, 0.2) is 72.8 Å². The summed E-state index contributed by atoms with van der Waals surface area (Å²) >= 11 is 14.2. The van der Waals surface area contributed by atoms with Crippen molar-refractivity contribution >= 4 is 129 Å². The van der Waals surface area contributed by atoms with Gasteiger partial charge in [0.1, 0.15) is 0 Å². The molecule has 0 aliphatic rings. The molecule has 0 unspecified atom stereocenters. The quantitative estimate of drug-likeness (QED) is 0.0276. The zero-order valence-corrected chi connectivity index (χ0v) is 57.3. The van der Waals surface area contributed by atoms with Gasteiger partial charge in [-0.2, -0.15) is 0 Å². The van der Waals surface area contributed by atoms with Crippen molar-refractivity contribution in [3.8, 4) is 0 Å². The Morgan fingerprint density at radius 1 is 0.268 bits per heavy atom. The van der Waals surface area contributed by atoms with E-state index in [9.17, 15) is 0 Å². The summed E-state index contributed by atoms with van der Waals surface area (Å²) in [5.74, 6) is 0. The summed E-state index contributed by atoms with van der Waals surface area (Å²) in [6, 6.07) is 26.8. The van der Waals surface area contributed by atoms with E-state index < -0.39 is 0 Å². The van der Waals surface area contributed by atoms with E-state index in [2.05, 4.69) is 188 Å². The van der Waals surface area contributed by atoms with Crippen LogP contribution in [0, 0.1) is 27.7 Å². The molecular formula is C72H92Br4N6. The second-order valence-corrected chi connectivity index (χ2v) is 25.3. The first-order chi connectivity index (χ1) is 40.0. The summed E-state index contributed by atoms with van der Waals surface area (Å²) in [6.45, 7) is 17.5. The number of pyridine rings is 6. The topological polar surface area (TPSA) is 77.3 Å². The second kappa shape index (κ2) is 34.3. The van der Waals surface area contributed by atoms with Gasteiger partial charge in [0, 0.05) is 76.4 Å². The molecule has 10 heteroatoms. The molecule has 6 heterocycles. The van der Waals surface area contributed by atoms with Crippen molar-refractivity contribution < 1.29 is 0 Å². The van der Waals surface area contributed by atoms with E-state index in [4.69, 9.17) is 19.9 Å². The lowest BCUT2D eigenvalue weighted by atomic mass is 9.95. The normalized spacial score (nSPS) is 11.6. The van der Waals surface area contributed by atoms with Crippen molar-refractivity contribution in [3.63, 3.8) is 0 Å². The number of hydrogen-bond donors (Lipinski definition) is 0. The molecule has 6 nitrogen and oxygen atoms in total. The molecule has 9 aromatic rings. The van der Waals surface area contributed by atoms with Crippen LogP contribution in [-0.2, 0) is 47.0 Å². The first-order valence-electron chi connectivity index (χ1n) is 31.4. The largest absolute Gasteiger partial charge is 0.251 e. The fourth-order valence-electron chi connectivity index (χ4n) is 11.8. The molecule has 0 fully saturated rings. The number of halogens is 4. The van der Waals surface area contributed by atoms with Crippen LogP contribution in [0.25, 0.3) is 65.4 Å². The molecule has 0 aliphatic carbocycles. The van der Waals surface area contributed by atoms with Crippen molar-refractivity contribution in [2.45, 2.75) is 231 Å². The third kappa shape index (κ3) is 17.8. The summed E-state index contributed by atoms with van der Waals surface area (Å²) in [7, 11) is 0. The molecule has 9 rings (SSSR count). The van der Waals surface area contributed by atoms with Gasteiger partial charge in [-0.15, -0.1) is 0 Å². The first kappa shape index (κ1) is 65.6. The summed E-state index contributed by atoms with van der Waals surface area (Å²) in [5.41, 5.74) is 21.2. The minimum atomic E-state index is 0.739. The molecule has 0 spiro atoms. The summed E-state index contributed by atoms with van der Waals surface area (Å²) in [5, 5.41) is 10.5. The Morgan fingerprint density at radius 2 is 0.537 bits per heavy atom. The van der Waals surface area contributed by atoms with Crippen molar-refractivity contribution in [2.75, 3.05) is 0 Å². The van der Waals surface area contributed by atoms with Gasteiger partial charge in [0.2, 0.25) is 0 Å². The van der Waals surface area contributed by atoms with Gasteiger partial charge in [0.15, 0.2) is 0 Å². The fourth-order valence-corrected chi connectivity index (χ4v) is 13.3. The van der Waals surface area contributed by atoms with Crippen LogP contribution in [0.3, 0.4) is 0 Å². The van der Waals surface area contributed by atoms with Crippen LogP contribution in [0.1, 0.15) is 224 Å². The SMILES string of the molecule is BrCc1cc(CBr)c2ccc3c(CBr)cc(CBr)nc3c2n1.CCCCCCCc1cc(CCCCCCC)c2ccc3c(CCCCCCC)cc(CCCCCCC)nc3c2n1.Cc1cc(C)c2ccc3c(C)cc(C)nc3c2n1. The van der Waals surface area contributed by atoms with E-state index in [0.29, 0.717) is 0 Å². The van der Waals surface area contributed by atoms with E-state index in [1.807, 2.05) is 13.8 Å².